The lowest BCUT2D eigenvalue weighted by Gasteiger charge is -2.11. The maximum Gasteiger partial charge on any atom is 0.259 e. The Morgan fingerprint density at radius 2 is 1.62 bits per heavy atom. The molecule has 1 aliphatic carbocycles. The molecule has 1 heterocycles. The molecular formula is C28H26N4O2. The summed E-state index contributed by atoms with van der Waals surface area (Å²) in [5, 5.41) is 10.8. The van der Waals surface area contributed by atoms with Crippen molar-refractivity contribution < 1.29 is 9.59 Å². The lowest BCUT2D eigenvalue weighted by atomic mass is 10.0. The Labute approximate surface area is 198 Å². The highest BCUT2D eigenvalue weighted by Gasteiger charge is 2.24. The molecule has 0 saturated heterocycles. The molecule has 170 valence electrons. The largest absolute Gasteiger partial charge is 0.349 e. The molecule has 0 atom stereocenters. The molecule has 3 aromatic carbocycles. The van der Waals surface area contributed by atoms with Crippen LogP contribution in [0, 0.1) is 13.8 Å². The number of rotatable bonds is 6. The summed E-state index contributed by atoms with van der Waals surface area (Å²) in [5.74, 6) is -0.390. The van der Waals surface area contributed by atoms with E-state index in [0.717, 1.165) is 35.2 Å². The number of aryl methyl sites for hydroxylation is 2. The van der Waals surface area contributed by atoms with Crippen LogP contribution >= 0.6 is 0 Å². The normalized spacial score (nSPS) is 12.9. The van der Waals surface area contributed by atoms with Gasteiger partial charge in [-0.25, -0.2) is 4.68 Å². The molecule has 2 amide bonds. The summed E-state index contributed by atoms with van der Waals surface area (Å²) >= 11 is 0. The van der Waals surface area contributed by atoms with Crippen LogP contribution in [0.15, 0.2) is 79.0 Å². The molecule has 6 nitrogen and oxygen atoms in total. The van der Waals surface area contributed by atoms with Crippen molar-refractivity contribution in [1.29, 1.82) is 0 Å². The number of amides is 2. The van der Waals surface area contributed by atoms with Crippen molar-refractivity contribution in [2.75, 3.05) is 5.32 Å². The SMILES string of the molecule is Cc1ccc(C(=O)NC2CC2)cc1NC(=O)c1cn(-c2ccccc2)nc1-c1ccccc1C. The number of carbonyl (C=O) groups excluding carboxylic acids is 2. The standard InChI is InChI=1S/C28H26N4O2/c1-18-8-6-7-11-23(18)26-24(17-32(31-26)22-9-4-3-5-10-22)28(34)30-25-16-20(13-12-19(25)2)27(33)29-21-14-15-21/h3-13,16-17,21H,14-15H2,1-2H3,(H,29,33)(H,30,34). The van der Waals surface area contributed by atoms with Crippen molar-refractivity contribution in [3.63, 3.8) is 0 Å². The minimum Gasteiger partial charge on any atom is -0.349 e. The second kappa shape index (κ2) is 8.98. The Kier molecular flexibility index (Phi) is 5.72. The highest BCUT2D eigenvalue weighted by molar-refractivity contribution is 6.09. The van der Waals surface area contributed by atoms with E-state index < -0.39 is 0 Å². The molecule has 5 rings (SSSR count). The molecule has 0 unspecified atom stereocenters. The third kappa shape index (κ3) is 4.48. The number of hydrogen-bond acceptors (Lipinski definition) is 3. The first-order valence-corrected chi connectivity index (χ1v) is 11.4. The van der Waals surface area contributed by atoms with E-state index in [9.17, 15) is 9.59 Å². The van der Waals surface area contributed by atoms with Crippen molar-refractivity contribution in [2.24, 2.45) is 0 Å². The van der Waals surface area contributed by atoms with E-state index in [4.69, 9.17) is 5.10 Å². The molecule has 1 aliphatic rings. The van der Waals surface area contributed by atoms with Gasteiger partial charge >= 0.3 is 0 Å². The van der Waals surface area contributed by atoms with Crippen LogP contribution in [0.25, 0.3) is 16.9 Å². The molecular weight excluding hydrogens is 424 g/mol. The summed E-state index contributed by atoms with van der Waals surface area (Å²) in [6.45, 7) is 3.92. The second-order valence-electron chi connectivity index (χ2n) is 8.72. The zero-order chi connectivity index (χ0) is 23.7. The summed E-state index contributed by atoms with van der Waals surface area (Å²) < 4.78 is 1.73. The Hall–Kier alpha value is -4.19. The summed E-state index contributed by atoms with van der Waals surface area (Å²) in [5.41, 5.74) is 5.89. The number of para-hydroxylation sites is 1. The second-order valence-corrected chi connectivity index (χ2v) is 8.72. The van der Waals surface area contributed by atoms with Gasteiger partial charge in [-0.3, -0.25) is 9.59 Å². The number of nitrogens with zero attached hydrogens (tertiary/aromatic N) is 2. The number of carbonyl (C=O) groups is 2. The van der Waals surface area contributed by atoms with Crippen LogP contribution in [-0.4, -0.2) is 27.6 Å². The average Bonchev–Trinajstić information content (AvgIpc) is 3.55. The van der Waals surface area contributed by atoms with Gasteiger partial charge in [0.05, 0.1) is 11.3 Å². The quantitative estimate of drug-likeness (QED) is 0.418. The molecule has 4 aromatic rings. The van der Waals surface area contributed by atoms with Crippen molar-refractivity contribution in [3.8, 4) is 16.9 Å². The van der Waals surface area contributed by atoms with E-state index in [2.05, 4.69) is 10.6 Å². The smallest absolute Gasteiger partial charge is 0.259 e. The van der Waals surface area contributed by atoms with Gasteiger partial charge in [0, 0.05) is 29.1 Å². The fourth-order valence-electron chi connectivity index (χ4n) is 3.87. The molecule has 1 saturated carbocycles. The number of benzene rings is 3. The van der Waals surface area contributed by atoms with Gasteiger partial charge in [0.1, 0.15) is 5.69 Å². The summed E-state index contributed by atoms with van der Waals surface area (Å²) in [7, 11) is 0. The number of anilines is 1. The lowest BCUT2D eigenvalue weighted by Crippen LogP contribution is -2.25. The van der Waals surface area contributed by atoms with Crippen LogP contribution in [0.3, 0.4) is 0 Å². The minimum atomic E-state index is -0.275. The first-order chi connectivity index (χ1) is 16.5. The van der Waals surface area contributed by atoms with E-state index in [1.165, 1.54) is 0 Å². The highest BCUT2D eigenvalue weighted by atomic mass is 16.2. The lowest BCUT2D eigenvalue weighted by molar-refractivity contribution is 0.0949. The zero-order valence-corrected chi connectivity index (χ0v) is 19.2. The van der Waals surface area contributed by atoms with Gasteiger partial charge < -0.3 is 10.6 Å². The Balaban J connectivity index is 1.50. The van der Waals surface area contributed by atoms with Crippen LogP contribution in [0.5, 0.6) is 0 Å². The van der Waals surface area contributed by atoms with Crippen LogP contribution in [0.1, 0.15) is 44.7 Å². The van der Waals surface area contributed by atoms with Crippen molar-refractivity contribution in [2.45, 2.75) is 32.7 Å². The molecule has 2 N–H and O–H groups in total. The van der Waals surface area contributed by atoms with Gasteiger partial charge in [-0.1, -0.05) is 48.5 Å². The number of hydrogen-bond donors (Lipinski definition) is 2. The molecule has 34 heavy (non-hydrogen) atoms. The molecule has 1 aromatic heterocycles. The maximum absolute atomic E-state index is 13.5. The Morgan fingerprint density at radius 1 is 0.882 bits per heavy atom. The van der Waals surface area contributed by atoms with Crippen LogP contribution in [-0.2, 0) is 0 Å². The van der Waals surface area contributed by atoms with Gasteiger partial charge in [0.25, 0.3) is 11.8 Å². The predicted octanol–water partition coefficient (Wildman–Crippen LogP) is 5.30. The molecule has 1 fully saturated rings. The first-order valence-electron chi connectivity index (χ1n) is 11.4. The Morgan fingerprint density at radius 3 is 2.35 bits per heavy atom. The zero-order valence-electron chi connectivity index (χ0n) is 19.2. The third-order valence-electron chi connectivity index (χ3n) is 6.04. The van der Waals surface area contributed by atoms with E-state index in [1.807, 2.05) is 74.5 Å². The number of aromatic nitrogens is 2. The van der Waals surface area contributed by atoms with Gasteiger partial charge in [-0.15, -0.1) is 0 Å². The summed E-state index contributed by atoms with van der Waals surface area (Å²) in [4.78, 5) is 26.0. The number of nitrogens with one attached hydrogen (secondary N) is 2. The molecule has 0 bridgehead atoms. The minimum absolute atomic E-state index is 0.115. The average molecular weight is 451 g/mol. The topological polar surface area (TPSA) is 76.0 Å². The van der Waals surface area contributed by atoms with Gasteiger partial charge in [-0.2, -0.15) is 5.10 Å². The fraction of sp³-hybridized carbons (Fsp3) is 0.179. The van der Waals surface area contributed by atoms with Gasteiger partial charge in [0.15, 0.2) is 0 Å². The van der Waals surface area contributed by atoms with E-state index >= 15 is 0 Å². The fourth-order valence-corrected chi connectivity index (χ4v) is 3.87. The van der Waals surface area contributed by atoms with Crippen molar-refractivity contribution in [3.05, 3.63) is 101 Å². The van der Waals surface area contributed by atoms with E-state index in [-0.39, 0.29) is 17.9 Å². The van der Waals surface area contributed by atoms with E-state index in [1.54, 1.807) is 23.0 Å². The van der Waals surface area contributed by atoms with Crippen LogP contribution < -0.4 is 10.6 Å². The molecule has 0 spiro atoms. The summed E-state index contributed by atoms with van der Waals surface area (Å²) in [6, 6.07) is 23.2. The van der Waals surface area contributed by atoms with E-state index in [0.29, 0.717) is 22.5 Å². The van der Waals surface area contributed by atoms with Crippen molar-refractivity contribution in [1.82, 2.24) is 15.1 Å². The maximum atomic E-state index is 13.5. The Bertz CT molecular complexity index is 1370. The van der Waals surface area contributed by atoms with Gasteiger partial charge in [-0.05, 0) is 62.1 Å². The summed E-state index contributed by atoms with van der Waals surface area (Å²) in [6.07, 6.45) is 3.80. The predicted molar refractivity (Wildman–Crippen MR) is 133 cm³/mol. The highest BCUT2D eigenvalue weighted by Crippen LogP contribution is 2.28. The first kappa shape index (κ1) is 21.6. The molecule has 0 radical (unpaired) electrons. The van der Waals surface area contributed by atoms with Crippen LogP contribution in [0.4, 0.5) is 5.69 Å². The monoisotopic (exact) mass is 450 g/mol. The molecule has 0 aliphatic heterocycles. The van der Waals surface area contributed by atoms with Crippen molar-refractivity contribution >= 4 is 17.5 Å². The molecule has 6 heteroatoms. The third-order valence-corrected chi connectivity index (χ3v) is 6.04. The van der Waals surface area contributed by atoms with Crippen LogP contribution in [0.2, 0.25) is 0 Å². The van der Waals surface area contributed by atoms with Gasteiger partial charge in [0.2, 0.25) is 0 Å².